The minimum Gasteiger partial charge on any atom is -0.392 e. The maximum Gasteiger partial charge on any atom is 0.135 e. The summed E-state index contributed by atoms with van der Waals surface area (Å²) in [4.78, 5) is 6.11. The first-order chi connectivity index (χ1) is 7.40. The summed E-state index contributed by atoms with van der Waals surface area (Å²) in [6.07, 6.45) is -0.374. The molecule has 3 nitrogen and oxygen atoms in total. The number of nitrogens with zero attached hydrogens (tertiary/aromatic N) is 2. The van der Waals surface area contributed by atoms with Gasteiger partial charge in [-0.15, -0.1) is 0 Å². The van der Waals surface area contributed by atoms with Crippen molar-refractivity contribution >= 4 is 23.2 Å². The Morgan fingerprint density at radius 3 is 2.62 bits per heavy atom. The van der Waals surface area contributed by atoms with Gasteiger partial charge in [-0.05, 0) is 27.0 Å². The van der Waals surface area contributed by atoms with Crippen molar-refractivity contribution in [3.8, 4) is 0 Å². The van der Waals surface area contributed by atoms with Crippen LogP contribution in [0.2, 0.25) is 10.2 Å². The lowest BCUT2D eigenvalue weighted by Gasteiger charge is -2.19. The lowest BCUT2D eigenvalue weighted by molar-refractivity contribution is 0.138. The second-order valence-corrected chi connectivity index (χ2v) is 4.83. The van der Waals surface area contributed by atoms with Crippen LogP contribution in [0.15, 0.2) is 6.07 Å². The molecule has 0 fully saturated rings. The van der Waals surface area contributed by atoms with E-state index in [0.717, 1.165) is 11.3 Å². The number of hydrogen-bond acceptors (Lipinski definition) is 3. The second-order valence-electron chi connectivity index (χ2n) is 4.06. The second kappa shape index (κ2) is 5.82. The Kier molecular flexibility index (Phi) is 4.99. The molecule has 0 amide bonds. The Morgan fingerprint density at radius 1 is 1.50 bits per heavy atom. The van der Waals surface area contributed by atoms with Crippen molar-refractivity contribution in [1.82, 2.24) is 9.88 Å². The molecule has 0 saturated carbocycles. The van der Waals surface area contributed by atoms with Crippen LogP contribution in [-0.2, 0) is 6.54 Å². The number of aryl methyl sites for hydroxylation is 1. The maximum absolute atomic E-state index is 9.26. The zero-order valence-corrected chi connectivity index (χ0v) is 11.2. The van der Waals surface area contributed by atoms with Crippen molar-refractivity contribution in [2.24, 2.45) is 0 Å². The Hall–Kier alpha value is -0.350. The number of aliphatic hydroxyl groups is 1. The average Bonchev–Trinajstić information content (AvgIpc) is 2.09. The average molecular weight is 263 g/mol. The van der Waals surface area contributed by atoms with Crippen LogP contribution >= 0.6 is 23.2 Å². The van der Waals surface area contributed by atoms with Crippen molar-refractivity contribution < 1.29 is 5.11 Å². The van der Waals surface area contributed by atoms with E-state index in [0.29, 0.717) is 23.3 Å². The van der Waals surface area contributed by atoms with Crippen LogP contribution in [-0.4, -0.2) is 34.7 Å². The van der Waals surface area contributed by atoms with Gasteiger partial charge in [0.2, 0.25) is 0 Å². The third-order valence-electron chi connectivity index (χ3n) is 2.15. The molecule has 0 saturated heterocycles. The van der Waals surface area contributed by atoms with Crippen LogP contribution < -0.4 is 0 Å². The first kappa shape index (κ1) is 13.7. The molecule has 1 N–H and O–H groups in total. The summed E-state index contributed by atoms with van der Waals surface area (Å²) in [6, 6.07) is 1.79. The van der Waals surface area contributed by atoms with E-state index in [2.05, 4.69) is 4.98 Å². The van der Waals surface area contributed by atoms with E-state index in [1.807, 2.05) is 18.9 Å². The van der Waals surface area contributed by atoms with Gasteiger partial charge in [-0.25, -0.2) is 4.98 Å². The summed E-state index contributed by atoms with van der Waals surface area (Å²) in [7, 11) is 1.90. The Bertz CT molecular complexity index is 346. The zero-order valence-electron chi connectivity index (χ0n) is 9.67. The summed E-state index contributed by atoms with van der Waals surface area (Å²) in [6.45, 7) is 4.74. The Balaban J connectivity index is 2.81. The summed E-state index contributed by atoms with van der Waals surface area (Å²) < 4.78 is 0. The predicted molar refractivity (Wildman–Crippen MR) is 67.0 cm³/mol. The quantitative estimate of drug-likeness (QED) is 0.848. The molecule has 0 aliphatic heterocycles. The zero-order chi connectivity index (χ0) is 12.3. The summed E-state index contributed by atoms with van der Waals surface area (Å²) in [5.74, 6) is 0. The van der Waals surface area contributed by atoms with E-state index in [1.54, 1.807) is 13.0 Å². The van der Waals surface area contributed by atoms with Gasteiger partial charge in [-0.1, -0.05) is 23.2 Å². The van der Waals surface area contributed by atoms with Crippen molar-refractivity contribution in [2.75, 3.05) is 13.6 Å². The van der Waals surface area contributed by atoms with Gasteiger partial charge in [0, 0.05) is 29.4 Å². The molecule has 5 heteroatoms. The monoisotopic (exact) mass is 262 g/mol. The molecule has 0 aliphatic carbocycles. The number of pyridine rings is 1. The maximum atomic E-state index is 9.26. The largest absolute Gasteiger partial charge is 0.392 e. The number of halogens is 2. The van der Waals surface area contributed by atoms with Gasteiger partial charge >= 0.3 is 0 Å². The minimum atomic E-state index is -0.374. The van der Waals surface area contributed by atoms with Gasteiger partial charge in [0.15, 0.2) is 0 Å². The van der Waals surface area contributed by atoms with Crippen molar-refractivity contribution in [3.05, 3.63) is 27.5 Å². The molecule has 0 bridgehead atoms. The number of hydrogen-bond donors (Lipinski definition) is 1. The summed E-state index contributed by atoms with van der Waals surface area (Å²) in [5.41, 5.74) is 1.61. The molecule has 0 spiro atoms. The van der Waals surface area contributed by atoms with Gasteiger partial charge in [0.1, 0.15) is 5.15 Å². The number of likely N-dealkylation sites (N-methyl/N-ethyl adjacent to an activating group) is 1. The highest BCUT2D eigenvalue weighted by atomic mass is 35.5. The Labute approximate surface area is 106 Å². The molecular weight excluding hydrogens is 247 g/mol. The van der Waals surface area contributed by atoms with Crippen molar-refractivity contribution in [3.63, 3.8) is 0 Å². The van der Waals surface area contributed by atoms with Crippen molar-refractivity contribution in [1.29, 1.82) is 0 Å². The van der Waals surface area contributed by atoms with E-state index in [-0.39, 0.29) is 6.10 Å². The SMILES string of the molecule is Cc1cc(Cl)c(CN(C)CC(C)O)c(Cl)n1. The highest BCUT2D eigenvalue weighted by molar-refractivity contribution is 6.35. The molecule has 1 aromatic heterocycles. The first-order valence-electron chi connectivity index (χ1n) is 5.08. The molecule has 1 rings (SSSR count). The van der Waals surface area contributed by atoms with E-state index < -0.39 is 0 Å². The molecule has 16 heavy (non-hydrogen) atoms. The molecule has 90 valence electrons. The van der Waals surface area contributed by atoms with Gasteiger partial charge in [0.25, 0.3) is 0 Å². The highest BCUT2D eigenvalue weighted by Crippen LogP contribution is 2.24. The molecule has 1 heterocycles. The fraction of sp³-hybridized carbons (Fsp3) is 0.545. The van der Waals surface area contributed by atoms with Crippen LogP contribution in [0.3, 0.4) is 0 Å². The van der Waals surface area contributed by atoms with Gasteiger partial charge in [-0.3, -0.25) is 4.90 Å². The van der Waals surface area contributed by atoms with E-state index in [9.17, 15) is 5.11 Å². The molecule has 1 aromatic rings. The topological polar surface area (TPSA) is 36.4 Å². The predicted octanol–water partition coefficient (Wildman–Crippen LogP) is 2.51. The summed E-state index contributed by atoms with van der Waals surface area (Å²) in [5, 5.41) is 10.3. The van der Waals surface area contributed by atoms with Gasteiger partial charge in [-0.2, -0.15) is 0 Å². The van der Waals surface area contributed by atoms with Crippen LogP contribution in [0, 0.1) is 6.92 Å². The molecule has 1 unspecified atom stereocenters. The smallest absolute Gasteiger partial charge is 0.135 e. The first-order valence-corrected chi connectivity index (χ1v) is 5.84. The summed E-state index contributed by atoms with van der Waals surface area (Å²) >= 11 is 12.1. The van der Waals surface area contributed by atoms with Crippen LogP contribution in [0.5, 0.6) is 0 Å². The van der Waals surface area contributed by atoms with Crippen LogP contribution in [0.1, 0.15) is 18.2 Å². The number of aliphatic hydroxyl groups excluding tert-OH is 1. The number of aromatic nitrogens is 1. The van der Waals surface area contributed by atoms with E-state index >= 15 is 0 Å². The molecule has 0 aliphatic rings. The van der Waals surface area contributed by atoms with E-state index in [1.165, 1.54) is 0 Å². The van der Waals surface area contributed by atoms with Gasteiger partial charge < -0.3 is 5.11 Å². The Morgan fingerprint density at radius 2 is 2.12 bits per heavy atom. The molecule has 1 atom stereocenters. The van der Waals surface area contributed by atoms with E-state index in [4.69, 9.17) is 23.2 Å². The molecular formula is C11H16Cl2N2O. The normalized spacial score (nSPS) is 13.2. The fourth-order valence-electron chi connectivity index (χ4n) is 1.55. The highest BCUT2D eigenvalue weighted by Gasteiger charge is 2.12. The minimum absolute atomic E-state index is 0.374. The lowest BCUT2D eigenvalue weighted by atomic mass is 10.2. The van der Waals surface area contributed by atoms with Crippen LogP contribution in [0.4, 0.5) is 0 Å². The lowest BCUT2D eigenvalue weighted by Crippen LogP contribution is -2.27. The number of rotatable bonds is 4. The van der Waals surface area contributed by atoms with Crippen LogP contribution in [0.25, 0.3) is 0 Å². The molecule has 0 aromatic carbocycles. The fourth-order valence-corrected chi connectivity index (χ4v) is 2.20. The van der Waals surface area contributed by atoms with Gasteiger partial charge in [0.05, 0.1) is 6.10 Å². The standard InChI is InChI=1S/C11H16Cl2N2O/c1-7-4-10(12)9(11(13)14-7)6-15(3)5-8(2)16/h4,8,16H,5-6H2,1-3H3. The third kappa shape index (κ3) is 3.91. The van der Waals surface area contributed by atoms with Crippen molar-refractivity contribution in [2.45, 2.75) is 26.5 Å². The molecule has 0 radical (unpaired) electrons. The third-order valence-corrected chi connectivity index (χ3v) is 2.80.